The second-order valence-corrected chi connectivity index (χ2v) is 8.02. The zero-order valence-corrected chi connectivity index (χ0v) is 15.9. The van der Waals surface area contributed by atoms with Crippen LogP contribution in [0.25, 0.3) is 10.9 Å². The molecule has 3 amide bonds. The molecule has 1 fully saturated rings. The molecular weight excluding hydrogens is 354 g/mol. The minimum absolute atomic E-state index is 0.149. The normalized spacial score (nSPS) is 25.2. The number of hydrogen-bond acceptors (Lipinski definition) is 3. The Bertz CT molecular complexity index is 995. The first-order chi connectivity index (χ1) is 13.6. The highest BCUT2D eigenvalue weighted by atomic mass is 16.2. The van der Waals surface area contributed by atoms with Gasteiger partial charge in [0.05, 0.1) is 11.8 Å². The molecule has 1 aromatic heterocycles. The minimum Gasteiger partial charge on any atom is -0.358 e. The van der Waals surface area contributed by atoms with E-state index in [1.807, 2.05) is 30.4 Å². The lowest BCUT2D eigenvalue weighted by atomic mass is 9.85. The van der Waals surface area contributed by atoms with Gasteiger partial charge >= 0.3 is 0 Å². The molecule has 0 spiro atoms. The number of benzene rings is 1. The molecule has 1 saturated heterocycles. The first-order valence-electron chi connectivity index (χ1n) is 9.95. The van der Waals surface area contributed by atoms with Crippen LogP contribution >= 0.6 is 0 Å². The van der Waals surface area contributed by atoms with Gasteiger partial charge in [-0.3, -0.25) is 19.3 Å². The summed E-state index contributed by atoms with van der Waals surface area (Å²) in [5.41, 5.74) is 3.39. The molecule has 0 radical (unpaired) electrons. The van der Waals surface area contributed by atoms with Gasteiger partial charge in [0, 0.05) is 41.7 Å². The summed E-state index contributed by atoms with van der Waals surface area (Å²) in [6.45, 7) is 2.79. The molecule has 28 heavy (non-hydrogen) atoms. The summed E-state index contributed by atoms with van der Waals surface area (Å²) in [5, 5.41) is 1.13. The van der Waals surface area contributed by atoms with Crippen LogP contribution in [0, 0.1) is 11.8 Å². The first-order valence-corrected chi connectivity index (χ1v) is 9.95. The number of aromatic amines is 1. The highest BCUT2D eigenvalue weighted by molar-refractivity contribution is 6.08. The van der Waals surface area contributed by atoms with Crippen LogP contribution in [0.15, 0.2) is 36.4 Å². The van der Waals surface area contributed by atoms with E-state index in [4.69, 9.17) is 0 Å². The lowest BCUT2D eigenvalue weighted by molar-refractivity contribution is -0.151. The molecule has 6 heteroatoms. The molecule has 3 atom stereocenters. The van der Waals surface area contributed by atoms with Gasteiger partial charge in [0.15, 0.2) is 0 Å². The summed E-state index contributed by atoms with van der Waals surface area (Å²) >= 11 is 0. The third-order valence-corrected chi connectivity index (χ3v) is 6.48. The summed E-state index contributed by atoms with van der Waals surface area (Å²) in [6.07, 6.45) is 5.86. The van der Waals surface area contributed by atoms with Gasteiger partial charge in [-0.25, -0.2) is 0 Å². The zero-order valence-electron chi connectivity index (χ0n) is 15.9. The quantitative estimate of drug-likeness (QED) is 0.645. The lowest BCUT2D eigenvalue weighted by Crippen LogP contribution is -2.50. The van der Waals surface area contributed by atoms with Gasteiger partial charge in [0.25, 0.3) is 0 Å². The van der Waals surface area contributed by atoms with Crippen molar-refractivity contribution < 1.29 is 14.4 Å². The lowest BCUT2D eigenvalue weighted by Gasteiger charge is -2.32. The Morgan fingerprint density at radius 2 is 1.79 bits per heavy atom. The van der Waals surface area contributed by atoms with Crippen LogP contribution in [-0.4, -0.2) is 45.1 Å². The molecule has 144 valence electrons. The van der Waals surface area contributed by atoms with Crippen molar-refractivity contribution in [3.8, 4) is 0 Å². The molecule has 6 nitrogen and oxygen atoms in total. The maximum Gasteiger partial charge on any atom is 0.245 e. The summed E-state index contributed by atoms with van der Waals surface area (Å²) in [4.78, 5) is 45.3. The number of fused-ring (bicyclic) bond motifs is 4. The van der Waals surface area contributed by atoms with E-state index < -0.39 is 6.04 Å². The first kappa shape index (κ1) is 17.2. The number of para-hydroxylation sites is 1. The van der Waals surface area contributed by atoms with Gasteiger partial charge in [-0.1, -0.05) is 30.4 Å². The van der Waals surface area contributed by atoms with Gasteiger partial charge in [0.2, 0.25) is 17.7 Å². The molecule has 1 N–H and O–H groups in total. The second kappa shape index (κ2) is 6.33. The molecule has 0 unspecified atom stereocenters. The molecule has 0 saturated carbocycles. The average Bonchev–Trinajstić information content (AvgIpc) is 3.22. The molecule has 3 heterocycles. The Morgan fingerprint density at radius 1 is 1.11 bits per heavy atom. The van der Waals surface area contributed by atoms with E-state index in [1.165, 1.54) is 10.6 Å². The highest BCUT2D eigenvalue weighted by Crippen LogP contribution is 2.36. The van der Waals surface area contributed by atoms with Gasteiger partial charge in [-0.2, -0.15) is 0 Å². The highest BCUT2D eigenvalue weighted by Gasteiger charge is 2.50. The molecule has 0 bridgehead atoms. The Kier molecular flexibility index (Phi) is 3.89. The molecule has 3 aliphatic rings. The number of imide groups is 1. The summed E-state index contributed by atoms with van der Waals surface area (Å²) in [6, 6.07) is 7.34. The van der Waals surface area contributed by atoms with Crippen molar-refractivity contribution in [3.63, 3.8) is 0 Å². The van der Waals surface area contributed by atoms with E-state index in [0.717, 1.165) is 22.9 Å². The number of nitrogens with one attached hydrogen (secondary N) is 1. The maximum atomic E-state index is 13.2. The van der Waals surface area contributed by atoms with Crippen molar-refractivity contribution >= 4 is 28.6 Å². The van der Waals surface area contributed by atoms with E-state index in [-0.39, 0.29) is 29.6 Å². The number of rotatable bonds is 2. The van der Waals surface area contributed by atoms with Crippen molar-refractivity contribution in [2.24, 2.45) is 11.8 Å². The van der Waals surface area contributed by atoms with Gasteiger partial charge < -0.3 is 9.88 Å². The maximum absolute atomic E-state index is 13.2. The smallest absolute Gasteiger partial charge is 0.245 e. The number of nitrogens with zero attached hydrogens (tertiary/aromatic N) is 2. The summed E-state index contributed by atoms with van der Waals surface area (Å²) in [7, 11) is 0. The van der Waals surface area contributed by atoms with Crippen molar-refractivity contribution in [1.29, 1.82) is 0 Å². The standard InChI is InChI=1S/C22H23N3O3/c1-13(25-21(27)15-7-2-3-8-16(15)22(25)28)20(26)24-11-10-19-17(12-24)14-6-4-5-9-18(14)23-19/h2-6,9,13,15-16,23H,7-8,10-12H2,1H3/t13-,15-,16+/m1/s1. The molecule has 5 rings (SSSR count). The van der Waals surface area contributed by atoms with E-state index in [2.05, 4.69) is 11.1 Å². The van der Waals surface area contributed by atoms with Crippen molar-refractivity contribution in [1.82, 2.24) is 14.8 Å². The fraction of sp³-hybridized carbons (Fsp3) is 0.409. The van der Waals surface area contributed by atoms with Crippen LogP contribution in [0.5, 0.6) is 0 Å². The minimum atomic E-state index is -0.752. The van der Waals surface area contributed by atoms with Gasteiger partial charge in [0.1, 0.15) is 6.04 Å². The topological polar surface area (TPSA) is 73.5 Å². The number of allylic oxidation sites excluding steroid dienone is 2. The number of H-pyrrole nitrogens is 1. The van der Waals surface area contributed by atoms with E-state index in [1.54, 1.807) is 11.8 Å². The van der Waals surface area contributed by atoms with Crippen molar-refractivity contribution in [3.05, 3.63) is 47.7 Å². The van der Waals surface area contributed by atoms with E-state index in [9.17, 15) is 14.4 Å². The van der Waals surface area contributed by atoms with Crippen LogP contribution in [0.1, 0.15) is 31.0 Å². The number of amides is 3. The summed E-state index contributed by atoms with van der Waals surface area (Å²) in [5.74, 6) is -1.12. The number of hydrogen-bond donors (Lipinski definition) is 1. The number of carbonyl (C=O) groups is 3. The van der Waals surface area contributed by atoms with Crippen LogP contribution in [-0.2, 0) is 27.3 Å². The predicted molar refractivity (Wildman–Crippen MR) is 104 cm³/mol. The fourth-order valence-corrected chi connectivity index (χ4v) is 4.94. The van der Waals surface area contributed by atoms with Crippen LogP contribution < -0.4 is 0 Å². The molecule has 1 aromatic carbocycles. The van der Waals surface area contributed by atoms with Crippen molar-refractivity contribution in [2.75, 3.05) is 6.54 Å². The van der Waals surface area contributed by atoms with Crippen molar-refractivity contribution in [2.45, 2.75) is 38.8 Å². The number of carbonyl (C=O) groups excluding carboxylic acids is 3. The zero-order chi connectivity index (χ0) is 19.4. The Labute approximate surface area is 163 Å². The van der Waals surface area contributed by atoms with Crippen LogP contribution in [0.3, 0.4) is 0 Å². The van der Waals surface area contributed by atoms with Crippen LogP contribution in [0.4, 0.5) is 0 Å². The Morgan fingerprint density at radius 3 is 2.50 bits per heavy atom. The largest absolute Gasteiger partial charge is 0.358 e. The Balaban J connectivity index is 1.38. The molecule has 2 aromatic rings. The predicted octanol–water partition coefficient (Wildman–Crippen LogP) is 2.39. The van der Waals surface area contributed by atoms with Gasteiger partial charge in [-0.05, 0) is 25.8 Å². The fourth-order valence-electron chi connectivity index (χ4n) is 4.94. The second-order valence-electron chi connectivity index (χ2n) is 8.02. The van der Waals surface area contributed by atoms with E-state index >= 15 is 0 Å². The third kappa shape index (κ3) is 2.44. The third-order valence-electron chi connectivity index (χ3n) is 6.48. The Hall–Kier alpha value is -2.89. The molecular formula is C22H23N3O3. The SMILES string of the molecule is C[C@H](C(=O)N1CCc2[nH]c3ccccc3c2C1)N1C(=O)[C@H]2CC=CC[C@H]2C1=O. The summed E-state index contributed by atoms with van der Waals surface area (Å²) < 4.78 is 0. The van der Waals surface area contributed by atoms with Crippen LogP contribution in [0.2, 0.25) is 0 Å². The monoisotopic (exact) mass is 377 g/mol. The molecule has 1 aliphatic carbocycles. The van der Waals surface area contributed by atoms with Gasteiger partial charge in [-0.15, -0.1) is 0 Å². The number of likely N-dealkylation sites (tertiary alicyclic amines) is 1. The van der Waals surface area contributed by atoms with E-state index in [0.29, 0.717) is 25.9 Å². The molecule has 2 aliphatic heterocycles. The average molecular weight is 377 g/mol. The number of aromatic nitrogens is 1.